The SMILES string of the molecule is c1ccc(-c2nc(-c3cccc(-c4cccc5ccccc45)c3)cc(-c3ccc(-c4c5ccccc5c(-c5ccccc5)c5c4ccc4ccccc45)c4ccccc34)n2)cc1. The van der Waals surface area contributed by atoms with Crippen molar-refractivity contribution < 1.29 is 0 Å². The second-order valence-electron chi connectivity index (χ2n) is 16.0. The van der Waals surface area contributed by atoms with E-state index in [-0.39, 0.29) is 0 Å². The lowest BCUT2D eigenvalue weighted by molar-refractivity contribution is 1.18. The van der Waals surface area contributed by atoms with Crippen LogP contribution in [-0.4, -0.2) is 9.97 Å². The molecule has 0 aliphatic rings. The first kappa shape index (κ1) is 35.7. The van der Waals surface area contributed by atoms with Gasteiger partial charge >= 0.3 is 0 Å². The van der Waals surface area contributed by atoms with Crippen LogP contribution in [0.4, 0.5) is 0 Å². The third kappa shape index (κ3) is 5.96. The number of benzene rings is 11. The van der Waals surface area contributed by atoms with Crippen molar-refractivity contribution in [2.45, 2.75) is 0 Å². The van der Waals surface area contributed by atoms with Crippen LogP contribution >= 0.6 is 0 Å². The molecule has 0 aliphatic heterocycles. The molecule has 0 atom stereocenters. The Bertz CT molecular complexity index is 3680. The van der Waals surface area contributed by atoms with Crippen molar-refractivity contribution in [1.29, 1.82) is 0 Å². The molecular formula is C60H38N2. The van der Waals surface area contributed by atoms with Gasteiger partial charge in [0.15, 0.2) is 5.82 Å². The monoisotopic (exact) mass is 786 g/mol. The Hall–Kier alpha value is -8.20. The molecule has 2 heteroatoms. The number of nitrogens with zero attached hydrogens (tertiary/aromatic N) is 2. The molecule has 0 saturated carbocycles. The molecule has 0 saturated heterocycles. The topological polar surface area (TPSA) is 25.8 Å². The summed E-state index contributed by atoms with van der Waals surface area (Å²) in [7, 11) is 0. The molecule has 0 amide bonds. The minimum Gasteiger partial charge on any atom is -0.228 e. The van der Waals surface area contributed by atoms with E-state index >= 15 is 0 Å². The van der Waals surface area contributed by atoms with Crippen LogP contribution in [0, 0.1) is 0 Å². The standard InChI is InChI=1S/C60H38N2/c1-3-19-41(20-4-1)57-51-30-13-14-31-52(51)58(54-34-33-40-18-8-10-27-47(40)59(54)57)53-36-35-50(48-28-11-12-29-49(48)53)56-38-55(61-60(62-56)42-21-5-2-6-22-42)44-25-15-24-43(37-44)46-32-16-23-39-17-7-9-26-45(39)46/h1-38H. The lowest BCUT2D eigenvalue weighted by Gasteiger charge is -2.21. The van der Waals surface area contributed by atoms with Gasteiger partial charge in [0.2, 0.25) is 0 Å². The van der Waals surface area contributed by atoms with Gasteiger partial charge in [-0.3, -0.25) is 0 Å². The van der Waals surface area contributed by atoms with Crippen LogP contribution in [0.25, 0.3) is 121 Å². The van der Waals surface area contributed by atoms with Gasteiger partial charge in [0.1, 0.15) is 0 Å². The Morgan fingerprint density at radius 1 is 0.242 bits per heavy atom. The number of hydrogen-bond donors (Lipinski definition) is 0. The van der Waals surface area contributed by atoms with E-state index in [1.807, 2.05) is 6.07 Å². The fourth-order valence-corrected chi connectivity index (χ4v) is 9.66. The van der Waals surface area contributed by atoms with E-state index in [1.54, 1.807) is 0 Å². The zero-order chi connectivity index (χ0) is 41.0. The average molecular weight is 787 g/mol. The fourth-order valence-electron chi connectivity index (χ4n) is 9.66. The Morgan fingerprint density at radius 2 is 0.758 bits per heavy atom. The summed E-state index contributed by atoms with van der Waals surface area (Å²) in [6, 6.07) is 83.0. The first-order valence-electron chi connectivity index (χ1n) is 21.2. The van der Waals surface area contributed by atoms with E-state index in [4.69, 9.17) is 9.97 Å². The van der Waals surface area contributed by atoms with Crippen LogP contribution in [0.15, 0.2) is 231 Å². The van der Waals surface area contributed by atoms with E-state index < -0.39 is 0 Å². The first-order chi connectivity index (χ1) is 30.8. The molecule has 0 spiro atoms. The molecule has 0 N–H and O–H groups in total. The van der Waals surface area contributed by atoms with Crippen LogP contribution in [0.1, 0.15) is 0 Å². The minimum absolute atomic E-state index is 0.696. The molecule has 1 heterocycles. The predicted molar refractivity (Wildman–Crippen MR) is 262 cm³/mol. The van der Waals surface area contributed by atoms with Gasteiger partial charge in [-0.15, -0.1) is 0 Å². The Kier molecular flexibility index (Phi) is 8.53. The average Bonchev–Trinajstić information content (AvgIpc) is 3.35. The third-order valence-corrected chi connectivity index (χ3v) is 12.5. The summed E-state index contributed by atoms with van der Waals surface area (Å²) in [6.45, 7) is 0. The second kappa shape index (κ2) is 14.8. The van der Waals surface area contributed by atoms with Gasteiger partial charge < -0.3 is 0 Å². The van der Waals surface area contributed by atoms with Crippen molar-refractivity contribution >= 4 is 53.9 Å². The number of aromatic nitrogens is 2. The maximum absolute atomic E-state index is 5.34. The van der Waals surface area contributed by atoms with Gasteiger partial charge in [0.25, 0.3) is 0 Å². The Morgan fingerprint density at radius 3 is 1.52 bits per heavy atom. The minimum atomic E-state index is 0.696. The number of rotatable bonds is 6. The zero-order valence-electron chi connectivity index (χ0n) is 33.8. The first-order valence-corrected chi connectivity index (χ1v) is 21.2. The summed E-state index contributed by atoms with van der Waals surface area (Å²) in [5.74, 6) is 0.696. The van der Waals surface area contributed by atoms with Gasteiger partial charge in [-0.05, 0) is 99.4 Å². The Balaban J connectivity index is 1.09. The predicted octanol–water partition coefficient (Wildman–Crippen LogP) is 16.2. The summed E-state index contributed by atoms with van der Waals surface area (Å²) in [6.07, 6.45) is 0. The molecule has 0 fully saturated rings. The van der Waals surface area contributed by atoms with Crippen molar-refractivity contribution in [3.05, 3.63) is 231 Å². The highest BCUT2D eigenvalue weighted by Crippen LogP contribution is 2.48. The molecule has 0 aliphatic carbocycles. The second-order valence-corrected chi connectivity index (χ2v) is 16.0. The Labute approximate surface area is 360 Å². The van der Waals surface area contributed by atoms with Crippen molar-refractivity contribution in [3.63, 3.8) is 0 Å². The van der Waals surface area contributed by atoms with Crippen molar-refractivity contribution in [2.24, 2.45) is 0 Å². The molecule has 0 unspecified atom stereocenters. The van der Waals surface area contributed by atoms with Crippen molar-refractivity contribution in [2.75, 3.05) is 0 Å². The van der Waals surface area contributed by atoms with Crippen LogP contribution in [0.3, 0.4) is 0 Å². The van der Waals surface area contributed by atoms with Crippen LogP contribution in [-0.2, 0) is 0 Å². The molecule has 0 bridgehead atoms. The summed E-state index contributed by atoms with van der Waals surface area (Å²) < 4.78 is 0. The molecule has 2 nitrogen and oxygen atoms in total. The maximum atomic E-state index is 5.34. The fraction of sp³-hybridized carbons (Fsp3) is 0. The lowest BCUT2D eigenvalue weighted by atomic mass is 9.82. The van der Waals surface area contributed by atoms with Crippen LogP contribution in [0.2, 0.25) is 0 Å². The molecule has 1 aromatic heterocycles. The third-order valence-electron chi connectivity index (χ3n) is 12.5. The van der Waals surface area contributed by atoms with E-state index in [9.17, 15) is 0 Å². The normalized spacial score (nSPS) is 11.5. The van der Waals surface area contributed by atoms with E-state index in [0.717, 1.165) is 39.0 Å². The molecular weight excluding hydrogens is 749 g/mol. The van der Waals surface area contributed by atoms with Gasteiger partial charge in [-0.1, -0.05) is 218 Å². The smallest absolute Gasteiger partial charge is 0.160 e. The summed E-state index contributed by atoms with van der Waals surface area (Å²) in [5.41, 5.74) is 12.1. The highest BCUT2D eigenvalue weighted by atomic mass is 14.9. The maximum Gasteiger partial charge on any atom is 0.160 e. The van der Waals surface area contributed by atoms with Crippen molar-refractivity contribution in [1.82, 2.24) is 9.97 Å². The van der Waals surface area contributed by atoms with E-state index in [0.29, 0.717) is 5.82 Å². The van der Waals surface area contributed by atoms with Gasteiger partial charge in [0.05, 0.1) is 11.4 Å². The summed E-state index contributed by atoms with van der Waals surface area (Å²) >= 11 is 0. The molecule has 12 rings (SSSR count). The molecule has 62 heavy (non-hydrogen) atoms. The van der Waals surface area contributed by atoms with Gasteiger partial charge in [-0.25, -0.2) is 9.97 Å². The van der Waals surface area contributed by atoms with Crippen LogP contribution in [0.5, 0.6) is 0 Å². The van der Waals surface area contributed by atoms with E-state index in [2.05, 4.69) is 224 Å². The van der Waals surface area contributed by atoms with Crippen LogP contribution < -0.4 is 0 Å². The zero-order valence-corrected chi connectivity index (χ0v) is 33.8. The highest BCUT2D eigenvalue weighted by Gasteiger charge is 2.21. The van der Waals surface area contributed by atoms with Gasteiger partial charge in [0, 0.05) is 16.7 Å². The van der Waals surface area contributed by atoms with E-state index in [1.165, 1.54) is 76.3 Å². The lowest BCUT2D eigenvalue weighted by Crippen LogP contribution is -1.97. The molecule has 0 radical (unpaired) electrons. The molecule has 12 aromatic rings. The quantitative estimate of drug-likeness (QED) is 0.124. The highest BCUT2D eigenvalue weighted by molar-refractivity contribution is 6.29. The van der Waals surface area contributed by atoms with Crippen molar-refractivity contribution in [3.8, 4) is 67.3 Å². The number of hydrogen-bond acceptors (Lipinski definition) is 2. The summed E-state index contributed by atoms with van der Waals surface area (Å²) in [4.78, 5) is 10.6. The largest absolute Gasteiger partial charge is 0.228 e. The molecule has 288 valence electrons. The molecule has 11 aromatic carbocycles. The number of fused-ring (bicyclic) bond motifs is 6. The van der Waals surface area contributed by atoms with Gasteiger partial charge in [-0.2, -0.15) is 0 Å². The summed E-state index contributed by atoms with van der Waals surface area (Å²) in [5, 5.41) is 12.2.